The standard InChI is InChI=1S/C13H23NO4/c1-5-11(15)17-10-7-6-8-14(9-10)12(16)18-13(2,3)4/h10H,5-9H2,1-4H3. The maximum Gasteiger partial charge on any atom is 0.410 e. The zero-order chi connectivity index (χ0) is 13.8. The molecule has 104 valence electrons. The predicted octanol–water partition coefficient (Wildman–Crippen LogP) is 2.34. The lowest BCUT2D eigenvalue weighted by Crippen LogP contribution is -2.45. The number of nitrogens with zero attached hydrogens (tertiary/aromatic N) is 1. The quantitative estimate of drug-likeness (QED) is 0.712. The van der Waals surface area contributed by atoms with E-state index in [0.717, 1.165) is 12.8 Å². The molecule has 0 aliphatic carbocycles. The summed E-state index contributed by atoms with van der Waals surface area (Å²) < 4.78 is 10.6. The number of amides is 1. The summed E-state index contributed by atoms with van der Waals surface area (Å²) in [5.74, 6) is -0.217. The van der Waals surface area contributed by atoms with Gasteiger partial charge in [-0.2, -0.15) is 0 Å². The number of ether oxygens (including phenoxy) is 2. The van der Waals surface area contributed by atoms with E-state index in [-0.39, 0.29) is 18.2 Å². The zero-order valence-corrected chi connectivity index (χ0v) is 11.7. The molecule has 0 aromatic carbocycles. The Kier molecular flexibility index (Phi) is 4.99. The summed E-state index contributed by atoms with van der Waals surface area (Å²) >= 11 is 0. The summed E-state index contributed by atoms with van der Waals surface area (Å²) in [5.41, 5.74) is -0.496. The second-order valence-corrected chi connectivity index (χ2v) is 5.53. The van der Waals surface area contributed by atoms with E-state index in [2.05, 4.69) is 0 Å². The second-order valence-electron chi connectivity index (χ2n) is 5.53. The first-order chi connectivity index (χ1) is 8.31. The Morgan fingerprint density at radius 2 is 2.00 bits per heavy atom. The van der Waals surface area contributed by atoms with Crippen LogP contribution in [0.3, 0.4) is 0 Å². The Balaban J connectivity index is 2.48. The molecule has 1 atom stereocenters. The van der Waals surface area contributed by atoms with Crippen LogP contribution in [-0.4, -0.2) is 41.8 Å². The van der Waals surface area contributed by atoms with Crippen LogP contribution in [0.5, 0.6) is 0 Å². The molecule has 18 heavy (non-hydrogen) atoms. The molecule has 1 saturated heterocycles. The lowest BCUT2D eigenvalue weighted by molar-refractivity contribution is -0.151. The molecule has 1 unspecified atom stereocenters. The SMILES string of the molecule is CCC(=O)OC1CCCN(C(=O)OC(C)(C)C)C1. The molecule has 1 rings (SSSR count). The molecule has 0 radical (unpaired) electrons. The van der Waals surface area contributed by atoms with Crippen LogP contribution in [0.25, 0.3) is 0 Å². The van der Waals surface area contributed by atoms with E-state index in [9.17, 15) is 9.59 Å². The van der Waals surface area contributed by atoms with Crippen molar-refractivity contribution in [3.63, 3.8) is 0 Å². The van der Waals surface area contributed by atoms with Crippen LogP contribution in [0.15, 0.2) is 0 Å². The van der Waals surface area contributed by atoms with Crippen LogP contribution in [0.2, 0.25) is 0 Å². The Morgan fingerprint density at radius 3 is 2.56 bits per heavy atom. The molecule has 1 aliphatic heterocycles. The molecule has 0 aromatic heterocycles. The van der Waals surface area contributed by atoms with E-state index in [4.69, 9.17) is 9.47 Å². The average molecular weight is 257 g/mol. The molecular formula is C13H23NO4. The Bertz CT molecular complexity index is 309. The van der Waals surface area contributed by atoms with Crippen molar-refractivity contribution in [3.8, 4) is 0 Å². The Labute approximate surface area is 108 Å². The van der Waals surface area contributed by atoms with Gasteiger partial charge in [-0.1, -0.05) is 6.92 Å². The number of piperidine rings is 1. The lowest BCUT2D eigenvalue weighted by Gasteiger charge is -2.33. The highest BCUT2D eigenvalue weighted by molar-refractivity contribution is 5.70. The number of hydrogen-bond acceptors (Lipinski definition) is 4. The van der Waals surface area contributed by atoms with Crippen LogP contribution in [0, 0.1) is 0 Å². The molecule has 0 spiro atoms. The van der Waals surface area contributed by atoms with Gasteiger partial charge in [-0.15, -0.1) is 0 Å². The molecule has 5 heteroatoms. The monoisotopic (exact) mass is 257 g/mol. The van der Waals surface area contributed by atoms with Gasteiger partial charge >= 0.3 is 12.1 Å². The molecule has 1 heterocycles. The second kappa shape index (κ2) is 6.07. The van der Waals surface area contributed by atoms with Gasteiger partial charge in [0.05, 0.1) is 6.54 Å². The Hall–Kier alpha value is -1.26. The minimum atomic E-state index is -0.496. The minimum absolute atomic E-state index is 0.196. The number of carbonyl (C=O) groups is 2. The molecule has 0 bridgehead atoms. The van der Waals surface area contributed by atoms with Gasteiger partial charge in [-0.05, 0) is 33.6 Å². The topological polar surface area (TPSA) is 55.8 Å². The van der Waals surface area contributed by atoms with Gasteiger partial charge in [0, 0.05) is 13.0 Å². The van der Waals surface area contributed by atoms with Crippen molar-refractivity contribution in [2.75, 3.05) is 13.1 Å². The van der Waals surface area contributed by atoms with Crippen molar-refractivity contribution in [2.24, 2.45) is 0 Å². The van der Waals surface area contributed by atoms with Gasteiger partial charge in [-0.25, -0.2) is 4.79 Å². The van der Waals surface area contributed by atoms with Gasteiger partial charge in [0.2, 0.25) is 0 Å². The number of carbonyl (C=O) groups excluding carboxylic acids is 2. The molecule has 1 aliphatic rings. The molecular weight excluding hydrogens is 234 g/mol. The smallest absolute Gasteiger partial charge is 0.410 e. The van der Waals surface area contributed by atoms with Crippen LogP contribution in [0.4, 0.5) is 4.79 Å². The van der Waals surface area contributed by atoms with Crippen LogP contribution in [-0.2, 0) is 14.3 Å². The van der Waals surface area contributed by atoms with E-state index in [0.29, 0.717) is 19.5 Å². The molecule has 0 aromatic rings. The minimum Gasteiger partial charge on any atom is -0.460 e. The molecule has 1 fully saturated rings. The summed E-state index contributed by atoms with van der Waals surface area (Å²) in [4.78, 5) is 24.7. The van der Waals surface area contributed by atoms with E-state index < -0.39 is 5.60 Å². The van der Waals surface area contributed by atoms with Gasteiger partial charge in [-0.3, -0.25) is 4.79 Å². The van der Waals surface area contributed by atoms with E-state index in [1.54, 1.807) is 11.8 Å². The summed E-state index contributed by atoms with van der Waals surface area (Å²) in [6, 6.07) is 0. The van der Waals surface area contributed by atoms with E-state index in [1.165, 1.54) is 0 Å². The largest absolute Gasteiger partial charge is 0.460 e. The third-order valence-corrected chi connectivity index (χ3v) is 2.62. The molecule has 1 amide bonds. The highest BCUT2D eigenvalue weighted by atomic mass is 16.6. The summed E-state index contributed by atoms with van der Waals surface area (Å²) in [6.45, 7) is 8.36. The van der Waals surface area contributed by atoms with Crippen molar-refractivity contribution in [3.05, 3.63) is 0 Å². The number of hydrogen-bond donors (Lipinski definition) is 0. The van der Waals surface area contributed by atoms with Gasteiger partial charge in [0.25, 0.3) is 0 Å². The van der Waals surface area contributed by atoms with Crippen LogP contribution in [0.1, 0.15) is 47.0 Å². The number of esters is 1. The summed E-state index contributed by atoms with van der Waals surface area (Å²) in [5, 5.41) is 0. The fourth-order valence-electron chi connectivity index (χ4n) is 1.80. The maximum absolute atomic E-state index is 11.9. The molecule has 0 N–H and O–H groups in total. The van der Waals surface area contributed by atoms with Gasteiger partial charge in [0.15, 0.2) is 0 Å². The van der Waals surface area contributed by atoms with Crippen LogP contribution >= 0.6 is 0 Å². The van der Waals surface area contributed by atoms with Crippen molar-refractivity contribution in [2.45, 2.75) is 58.7 Å². The molecule has 5 nitrogen and oxygen atoms in total. The summed E-state index contributed by atoms with van der Waals surface area (Å²) in [7, 11) is 0. The summed E-state index contributed by atoms with van der Waals surface area (Å²) in [6.07, 6.45) is 1.48. The van der Waals surface area contributed by atoms with Crippen molar-refractivity contribution in [1.29, 1.82) is 0 Å². The third-order valence-electron chi connectivity index (χ3n) is 2.62. The van der Waals surface area contributed by atoms with E-state index >= 15 is 0 Å². The highest BCUT2D eigenvalue weighted by Crippen LogP contribution is 2.17. The third kappa shape index (κ3) is 4.94. The maximum atomic E-state index is 11.9. The van der Waals surface area contributed by atoms with Gasteiger partial charge in [0.1, 0.15) is 11.7 Å². The average Bonchev–Trinajstić information content (AvgIpc) is 2.27. The van der Waals surface area contributed by atoms with Crippen molar-refractivity contribution >= 4 is 12.1 Å². The van der Waals surface area contributed by atoms with E-state index in [1.807, 2.05) is 20.8 Å². The normalized spacial score (nSPS) is 20.4. The van der Waals surface area contributed by atoms with Crippen molar-refractivity contribution in [1.82, 2.24) is 4.90 Å². The number of likely N-dealkylation sites (tertiary alicyclic amines) is 1. The number of rotatable bonds is 2. The van der Waals surface area contributed by atoms with Gasteiger partial charge < -0.3 is 14.4 Å². The lowest BCUT2D eigenvalue weighted by atomic mass is 10.1. The first kappa shape index (κ1) is 14.8. The predicted molar refractivity (Wildman–Crippen MR) is 67.2 cm³/mol. The molecule has 0 saturated carbocycles. The Morgan fingerprint density at radius 1 is 1.33 bits per heavy atom. The highest BCUT2D eigenvalue weighted by Gasteiger charge is 2.29. The van der Waals surface area contributed by atoms with Crippen molar-refractivity contribution < 1.29 is 19.1 Å². The fraction of sp³-hybridized carbons (Fsp3) is 0.846. The first-order valence-electron chi connectivity index (χ1n) is 6.49. The first-order valence-corrected chi connectivity index (χ1v) is 6.49. The fourth-order valence-corrected chi connectivity index (χ4v) is 1.80. The van der Waals surface area contributed by atoms with Crippen LogP contribution < -0.4 is 0 Å². The zero-order valence-electron chi connectivity index (χ0n) is 11.7.